The van der Waals surface area contributed by atoms with Gasteiger partial charge in [0.05, 0.1) is 12.5 Å². The van der Waals surface area contributed by atoms with Gasteiger partial charge in [0.2, 0.25) is 5.91 Å². The lowest BCUT2D eigenvalue weighted by molar-refractivity contribution is -0.121. The largest absolute Gasteiger partial charge is 0.349 e. The third-order valence-corrected chi connectivity index (χ3v) is 4.27. The number of benzene rings is 3. The van der Waals surface area contributed by atoms with Gasteiger partial charge < -0.3 is 5.32 Å². The van der Waals surface area contributed by atoms with Crippen molar-refractivity contribution in [3.05, 3.63) is 82.9 Å². The van der Waals surface area contributed by atoms with Crippen molar-refractivity contribution in [3.8, 4) is 0 Å². The maximum absolute atomic E-state index is 12.3. The van der Waals surface area contributed by atoms with Crippen molar-refractivity contribution in [1.82, 2.24) is 5.32 Å². The molecule has 3 aromatic carbocycles. The molecular formula is C20H18ClNO. The zero-order chi connectivity index (χ0) is 16.2. The van der Waals surface area contributed by atoms with Crippen molar-refractivity contribution < 1.29 is 4.79 Å². The van der Waals surface area contributed by atoms with Crippen LogP contribution in [0.15, 0.2) is 66.7 Å². The quantitative estimate of drug-likeness (QED) is 0.726. The number of halogens is 1. The highest BCUT2D eigenvalue weighted by atomic mass is 35.5. The first-order valence-corrected chi connectivity index (χ1v) is 8.03. The molecule has 3 heteroatoms. The van der Waals surface area contributed by atoms with Crippen LogP contribution in [0.4, 0.5) is 0 Å². The molecule has 0 saturated carbocycles. The first-order valence-electron chi connectivity index (χ1n) is 7.65. The van der Waals surface area contributed by atoms with Crippen LogP contribution in [0, 0.1) is 0 Å². The van der Waals surface area contributed by atoms with Crippen LogP contribution in [0.3, 0.4) is 0 Å². The second kappa shape index (κ2) is 6.84. The van der Waals surface area contributed by atoms with Gasteiger partial charge in [-0.05, 0) is 34.9 Å². The van der Waals surface area contributed by atoms with E-state index in [9.17, 15) is 4.79 Å². The molecule has 1 amide bonds. The molecule has 3 rings (SSSR count). The highest BCUT2D eigenvalue weighted by Gasteiger charge is 2.12. The molecule has 0 unspecified atom stereocenters. The number of rotatable bonds is 4. The van der Waals surface area contributed by atoms with Gasteiger partial charge in [-0.2, -0.15) is 0 Å². The van der Waals surface area contributed by atoms with Gasteiger partial charge in [-0.15, -0.1) is 0 Å². The van der Waals surface area contributed by atoms with Crippen molar-refractivity contribution in [3.63, 3.8) is 0 Å². The molecule has 0 spiro atoms. The number of carbonyl (C=O) groups is 1. The summed E-state index contributed by atoms with van der Waals surface area (Å²) in [4.78, 5) is 12.3. The fraction of sp³-hybridized carbons (Fsp3) is 0.150. The van der Waals surface area contributed by atoms with Crippen LogP contribution >= 0.6 is 11.6 Å². The van der Waals surface area contributed by atoms with Crippen LogP contribution in [-0.2, 0) is 11.2 Å². The van der Waals surface area contributed by atoms with Crippen LogP contribution < -0.4 is 5.32 Å². The van der Waals surface area contributed by atoms with E-state index in [1.165, 1.54) is 5.39 Å². The molecule has 1 N–H and O–H groups in total. The van der Waals surface area contributed by atoms with Gasteiger partial charge in [0.25, 0.3) is 0 Å². The van der Waals surface area contributed by atoms with Crippen molar-refractivity contribution in [2.24, 2.45) is 0 Å². The van der Waals surface area contributed by atoms with Crippen molar-refractivity contribution in [2.45, 2.75) is 19.4 Å². The molecule has 1 atom stereocenters. The van der Waals surface area contributed by atoms with E-state index in [0.717, 1.165) is 16.5 Å². The lowest BCUT2D eigenvalue weighted by Crippen LogP contribution is -2.28. The Hall–Kier alpha value is -2.32. The Morgan fingerprint density at radius 3 is 2.48 bits per heavy atom. The summed E-state index contributed by atoms with van der Waals surface area (Å²) in [5.41, 5.74) is 1.94. The summed E-state index contributed by atoms with van der Waals surface area (Å²) in [6, 6.07) is 21.7. The Labute approximate surface area is 141 Å². The van der Waals surface area contributed by atoms with Gasteiger partial charge in [-0.25, -0.2) is 0 Å². The number of fused-ring (bicyclic) bond motifs is 1. The Kier molecular flexibility index (Phi) is 4.63. The third-order valence-electron chi connectivity index (χ3n) is 3.93. The molecule has 3 aromatic rings. The van der Waals surface area contributed by atoms with Crippen molar-refractivity contribution >= 4 is 28.3 Å². The van der Waals surface area contributed by atoms with Crippen LogP contribution in [-0.4, -0.2) is 5.91 Å². The second-order valence-corrected chi connectivity index (χ2v) is 6.08. The lowest BCUT2D eigenvalue weighted by atomic mass is 10.0. The summed E-state index contributed by atoms with van der Waals surface area (Å²) in [5.74, 6) is -0.00676. The van der Waals surface area contributed by atoms with Crippen LogP contribution in [0.25, 0.3) is 10.8 Å². The van der Waals surface area contributed by atoms with Gasteiger partial charge in [-0.1, -0.05) is 72.3 Å². The zero-order valence-electron chi connectivity index (χ0n) is 12.9. The summed E-state index contributed by atoms with van der Waals surface area (Å²) in [5, 5.41) is 6.01. The number of hydrogen-bond acceptors (Lipinski definition) is 1. The number of nitrogens with one attached hydrogen (secondary N) is 1. The fourth-order valence-electron chi connectivity index (χ4n) is 2.73. The minimum Gasteiger partial charge on any atom is -0.349 e. The Morgan fingerprint density at radius 2 is 1.70 bits per heavy atom. The van der Waals surface area contributed by atoms with Gasteiger partial charge in [0.1, 0.15) is 0 Å². The highest BCUT2D eigenvalue weighted by molar-refractivity contribution is 6.31. The van der Waals surface area contributed by atoms with E-state index in [0.29, 0.717) is 11.4 Å². The summed E-state index contributed by atoms with van der Waals surface area (Å²) in [7, 11) is 0. The van der Waals surface area contributed by atoms with E-state index in [-0.39, 0.29) is 11.9 Å². The van der Waals surface area contributed by atoms with Crippen molar-refractivity contribution in [2.75, 3.05) is 0 Å². The Morgan fingerprint density at radius 1 is 1.00 bits per heavy atom. The lowest BCUT2D eigenvalue weighted by Gasteiger charge is -2.15. The molecule has 0 fully saturated rings. The van der Waals surface area contributed by atoms with E-state index in [1.807, 2.05) is 49.4 Å². The van der Waals surface area contributed by atoms with E-state index in [2.05, 4.69) is 29.6 Å². The molecule has 116 valence electrons. The molecule has 23 heavy (non-hydrogen) atoms. The first-order chi connectivity index (χ1) is 11.1. The molecule has 0 heterocycles. The minimum atomic E-state index is -0.114. The average Bonchev–Trinajstić information content (AvgIpc) is 2.55. The van der Waals surface area contributed by atoms with Gasteiger partial charge in [0, 0.05) is 5.02 Å². The number of amides is 1. The molecular weight excluding hydrogens is 306 g/mol. The van der Waals surface area contributed by atoms with Crippen molar-refractivity contribution in [1.29, 1.82) is 0 Å². The van der Waals surface area contributed by atoms with Gasteiger partial charge in [-0.3, -0.25) is 4.79 Å². The summed E-state index contributed by atoms with van der Waals surface area (Å²) in [6.45, 7) is 1.94. The Balaban J connectivity index is 1.69. The minimum absolute atomic E-state index is 0.00676. The third kappa shape index (κ3) is 3.72. The monoisotopic (exact) mass is 323 g/mol. The number of hydrogen-bond donors (Lipinski definition) is 1. The number of carbonyl (C=O) groups excluding carboxylic acids is 1. The van der Waals surface area contributed by atoms with E-state index in [1.54, 1.807) is 0 Å². The Bertz CT molecular complexity index is 844. The molecule has 2 nitrogen and oxygen atoms in total. The van der Waals surface area contributed by atoms with Crippen LogP contribution in [0.2, 0.25) is 5.02 Å². The molecule has 0 aliphatic carbocycles. The normalized spacial score (nSPS) is 12.1. The fourth-order valence-corrected chi connectivity index (χ4v) is 3.03. The summed E-state index contributed by atoms with van der Waals surface area (Å²) >= 11 is 6.18. The topological polar surface area (TPSA) is 29.1 Å². The predicted octanol–water partition coefficient (Wildman–Crippen LogP) is 4.91. The maximum atomic E-state index is 12.3. The van der Waals surface area contributed by atoms with Crippen LogP contribution in [0.1, 0.15) is 24.1 Å². The predicted molar refractivity (Wildman–Crippen MR) is 95.7 cm³/mol. The maximum Gasteiger partial charge on any atom is 0.224 e. The molecule has 0 aliphatic rings. The average molecular weight is 324 g/mol. The van der Waals surface area contributed by atoms with Gasteiger partial charge >= 0.3 is 0 Å². The molecule has 0 bridgehead atoms. The zero-order valence-corrected chi connectivity index (χ0v) is 13.7. The second-order valence-electron chi connectivity index (χ2n) is 5.67. The summed E-state index contributed by atoms with van der Waals surface area (Å²) in [6.07, 6.45) is 0.361. The smallest absolute Gasteiger partial charge is 0.224 e. The molecule has 0 saturated heterocycles. The highest BCUT2D eigenvalue weighted by Crippen LogP contribution is 2.22. The summed E-state index contributed by atoms with van der Waals surface area (Å²) < 4.78 is 0. The molecule has 0 radical (unpaired) electrons. The van der Waals surface area contributed by atoms with E-state index < -0.39 is 0 Å². The van der Waals surface area contributed by atoms with Gasteiger partial charge in [0.15, 0.2) is 0 Å². The van der Waals surface area contributed by atoms with E-state index >= 15 is 0 Å². The molecule has 0 aliphatic heterocycles. The van der Waals surface area contributed by atoms with Crippen LogP contribution in [0.5, 0.6) is 0 Å². The standard InChI is InChI=1S/C20H18ClNO/c1-14(18-8-4-5-9-19(18)21)22-20(23)13-15-10-11-16-6-2-3-7-17(16)12-15/h2-12,14H,13H2,1H3,(H,22,23)/t14-/m1/s1. The SMILES string of the molecule is C[C@@H](NC(=O)Cc1ccc2ccccc2c1)c1ccccc1Cl. The first kappa shape index (κ1) is 15.6. The molecule has 0 aromatic heterocycles. The van der Waals surface area contributed by atoms with E-state index in [4.69, 9.17) is 11.6 Å².